The van der Waals surface area contributed by atoms with Gasteiger partial charge in [0.25, 0.3) is 10.0 Å². The van der Waals surface area contributed by atoms with Gasteiger partial charge in [0.05, 0.1) is 11.9 Å². The van der Waals surface area contributed by atoms with E-state index in [1.54, 1.807) is 11.0 Å². The molecule has 0 N–H and O–H groups in total. The van der Waals surface area contributed by atoms with E-state index in [0.717, 1.165) is 31.4 Å². The van der Waals surface area contributed by atoms with E-state index in [4.69, 9.17) is 0 Å². The molecule has 0 bridgehead atoms. The zero-order chi connectivity index (χ0) is 23.6. The quantitative estimate of drug-likeness (QED) is 0.650. The first-order valence-electron chi connectivity index (χ1n) is 10.9. The number of piperazine rings is 1. The van der Waals surface area contributed by atoms with Crippen LogP contribution < -0.4 is 4.90 Å². The molecular formula is C21H26F3N5O3S. The summed E-state index contributed by atoms with van der Waals surface area (Å²) in [4.78, 5) is 20.2. The molecule has 0 unspecified atom stereocenters. The molecule has 8 nitrogen and oxygen atoms in total. The summed E-state index contributed by atoms with van der Waals surface area (Å²) >= 11 is 0. The van der Waals surface area contributed by atoms with Gasteiger partial charge in [-0.15, -0.1) is 0 Å². The molecule has 0 saturated carbocycles. The Labute approximate surface area is 190 Å². The Kier molecular flexibility index (Phi) is 6.66. The molecule has 180 valence electrons. The Balaban J connectivity index is 1.34. The number of hydrogen-bond acceptors (Lipinski definition) is 5. The van der Waals surface area contributed by atoms with Crippen LogP contribution in [0.2, 0.25) is 0 Å². The summed E-state index contributed by atoms with van der Waals surface area (Å²) in [6.45, 7) is 2.45. The molecule has 0 radical (unpaired) electrons. The van der Waals surface area contributed by atoms with Crippen LogP contribution >= 0.6 is 0 Å². The Bertz CT molecular complexity index is 1090. The minimum atomic E-state index is -4.40. The van der Waals surface area contributed by atoms with Crippen molar-refractivity contribution in [1.29, 1.82) is 0 Å². The number of anilines is 1. The average Bonchev–Trinajstić information content (AvgIpc) is 3.29. The van der Waals surface area contributed by atoms with Crippen molar-refractivity contribution in [2.45, 2.75) is 37.0 Å². The number of alkyl halides is 3. The SMILES string of the molecule is O=C(Cn1cnc(S(=O)(=O)N2CCCCC2)c1)N1CCN(c2cccc(C(F)(F)F)c2)CC1. The third-order valence-corrected chi connectivity index (χ3v) is 7.80. The number of imidazole rings is 1. The molecule has 2 aromatic rings. The molecule has 0 atom stereocenters. The lowest BCUT2D eigenvalue weighted by molar-refractivity contribution is -0.137. The molecule has 2 saturated heterocycles. The molecule has 0 aliphatic carbocycles. The van der Waals surface area contributed by atoms with Crippen LogP contribution in [0.3, 0.4) is 0 Å². The topological polar surface area (TPSA) is 78.7 Å². The molecule has 3 heterocycles. The molecule has 1 aromatic heterocycles. The monoisotopic (exact) mass is 485 g/mol. The van der Waals surface area contributed by atoms with E-state index >= 15 is 0 Å². The Morgan fingerprint density at radius 2 is 1.70 bits per heavy atom. The number of benzene rings is 1. The van der Waals surface area contributed by atoms with Gasteiger partial charge in [0, 0.05) is 51.2 Å². The van der Waals surface area contributed by atoms with E-state index in [0.29, 0.717) is 45.0 Å². The normalized spacial score (nSPS) is 18.5. The lowest BCUT2D eigenvalue weighted by atomic mass is 10.1. The van der Waals surface area contributed by atoms with Gasteiger partial charge in [-0.05, 0) is 31.0 Å². The van der Waals surface area contributed by atoms with Crippen molar-refractivity contribution in [3.8, 4) is 0 Å². The van der Waals surface area contributed by atoms with Gasteiger partial charge in [0.2, 0.25) is 5.91 Å². The average molecular weight is 486 g/mol. The third kappa shape index (κ3) is 5.32. The summed E-state index contributed by atoms with van der Waals surface area (Å²) in [5, 5.41) is -0.0634. The zero-order valence-corrected chi connectivity index (χ0v) is 18.9. The summed E-state index contributed by atoms with van der Waals surface area (Å²) < 4.78 is 67.2. The molecule has 12 heteroatoms. The Morgan fingerprint density at radius 3 is 2.36 bits per heavy atom. The van der Waals surface area contributed by atoms with Crippen molar-refractivity contribution >= 4 is 21.6 Å². The molecule has 33 heavy (non-hydrogen) atoms. The predicted octanol–water partition coefficient (Wildman–Crippen LogP) is 2.43. The first-order valence-corrected chi connectivity index (χ1v) is 12.3. The first kappa shape index (κ1) is 23.6. The van der Waals surface area contributed by atoms with Gasteiger partial charge in [0.15, 0.2) is 5.03 Å². The van der Waals surface area contributed by atoms with E-state index in [9.17, 15) is 26.4 Å². The van der Waals surface area contributed by atoms with E-state index < -0.39 is 21.8 Å². The summed E-state index contributed by atoms with van der Waals surface area (Å²) in [5.41, 5.74) is -0.229. The number of amides is 1. The number of halogens is 3. The van der Waals surface area contributed by atoms with Gasteiger partial charge in [-0.1, -0.05) is 12.5 Å². The first-order chi connectivity index (χ1) is 15.6. The van der Waals surface area contributed by atoms with E-state index in [2.05, 4.69) is 4.98 Å². The molecule has 2 aliphatic rings. The van der Waals surface area contributed by atoms with Crippen LogP contribution in [0, 0.1) is 0 Å². The second kappa shape index (κ2) is 9.34. The highest BCUT2D eigenvalue weighted by atomic mass is 32.2. The van der Waals surface area contributed by atoms with Crippen molar-refractivity contribution in [2.75, 3.05) is 44.2 Å². The van der Waals surface area contributed by atoms with E-state index in [1.807, 2.05) is 4.90 Å². The van der Waals surface area contributed by atoms with E-state index in [-0.39, 0.29) is 17.5 Å². The second-order valence-corrected chi connectivity index (χ2v) is 10.1. The highest BCUT2D eigenvalue weighted by Crippen LogP contribution is 2.32. The largest absolute Gasteiger partial charge is 0.416 e. The van der Waals surface area contributed by atoms with Crippen LogP contribution in [0.5, 0.6) is 0 Å². The van der Waals surface area contributed by atoms with Gasteiger partial charge in [0.1, 0.15) is 6.54 Å². The van der Waals surface area contributed by atoms with Crippen LogP contribution in [0.4, 0.5) is 18.9 Å². The van der Waals surface area contributed by atoms with Crippen LogP contribution in [-0.2, 0) is 27.5 Å². The lowest BCUT2D eigenvalue weighted by Gasteiger charge is -2.36. The van der Waals surface area contributed by atoms with Gasteiger partial charge in [-0.2, -0.15) is 17.5 Å². The fourth-order valence-electron chi connectivity index (χ4n) is 4.15. The number of piperidine rings is 1. The molecule has 1 aromatic carbocycles. The van der Waals surface area contributed by atoms with Crippen LogP contribution in [0.15, 0.2) is 41.8 Å². The number of carbonyl (C=O) groups is 1. The zero-order valence-electron chi connectivity index (χ0n) is 18.0. The maximum atomic E-state index is 13.0. The maximum Gasteiger partial charge on any atom is 0.416 e. The second-order valence-electron chi connectivity index (χ2n) is 8.26. The van der Waals surface area contributed by atoms with E-state index in [1.165, 1.54) is 27.5 Å². The van der Waals surface area contributed by atoms with Crippen molar-refractivity contribution in [3.05, 3.63) is 42.4 Å². The van der Waals surface area contributed by atoms with Crippen LogP contribution in [0.1, 0.15) is 24.8 Å². The van der Waals surface area contributed by atoms with Crippen molar-refractivity contribution in [1.82, 2.24) is 18.8 Å². The highest BCUT2D eigenvalue weighted by molar-refractivity contribution is 7.89. The van der Waals surface area contributed by atoms with Crippen LogP contribution in [-0.4, -0.2) is 72.3 Å². The number of nitrogens with zero attached hydrogens (tertiary/aromatic N) is 5. The fraction of sp³-hybridized carbons (Fsp3) is 0.524. The van der Waals surface area contributed by atoms with Gasteiger partial charge in [-0.3, -0.25) is 4.79 Å². The smallest absolute Gasteiger partial charge is 0.368 e. The number of rotatable bonds is 5. The Morgan fingerprint density at radius 1 is 1.00 bits per heavy atom. The number of sulfonamides is 1. The lowest BCUT2D eigenvalue weighted by Crippen LogP contribution is -2.49. The van der Waals surface area contributed by atoms with Crippen molar-refractivity contribution in [3.63, 3.8) is 0 Å². The number of hydrogen-bond donors (Lipinski definition) is 0. The predicted molar refractivity (Wildman–Crippen MR) is 115 cm³/mol. The van der Waals surface area contributed by atoms with Crippen LogP contribution in [0.25, 0.3) is 0 Å². The summed E-state index contributed by atoms with van der Waals surface area (Å²) in [7, 11) is -3.66. The van der Waals surface area contributed by atoms with Gasteiger partial charge < -0.3 is 14.4 Å². The number of carbonyl (C=O) groups excluding carboxylic acids is 1. The van der Waals surface area contributed by atoms with Crippen molar-refractivity contribution in [2.24, 2.45) is 0 Å². The summed E-state index contributed by atoms with van der Waals surface area (Å²) in [6, 6.07) is 5.16. The minimum Gasteiger partial charge on any atom is -0.368 e. The highest BCUT2D eigenvalue weighted by Gasteiger charge is 2.32. The van der Waals surface area contributed by atoms with Crippen molar-refractivity contribution < 1.29 is 26.4 Å². The molecule has 0 spiro atoms. The standard InChI is InChI=1S/C21H26F3N5O3S/c22-21(23,24)17-5-4-6-18(13-17)27-9-11-28(12-10-27)20(30)15-26-14-19(25-16-26)33(31,32)29-7-2-1-3-8-29/h4-6,13-14,16H,1-3,7-12,15H2. The molecule has 2 fully saturated rings. The Hall–Kier alpha value is -2.60. The minimum absolute atomic E-state index is 0.0495. The third-order valence-electron chi connectivity index (χ3n) is 6.02. The summed E-state index contributed by atoms with van der Waals surface area (Å²) in [6.07, 6.45) is 0.971. The molecule has 2 aliphatic heterocycles. The summed E-state index contributed by atoms with van der Waals surface area (Å²) in [5.74, 6) is -0.196. The molecular weight excluding hydrogens is 459 g/mol. The number of aromatic nitrogens is 2. The fourth-order valence-corrected chi connectivity index (χ4v) is 5.60. The van der Waals surface area contributed by atoms with Gasteiger partial charge >= 0.3 is 6.18 Å². The maximum absolute atomic E-state index is 13.0. The van der Waals surface area contributed by atoms with Gasteiger partial charge in [-0.25, -0.2) is 13.4 Å². The molecule has 4 rings (SSSR count). The molecule has 1 amide bonds.